The molecule has 1 aromatic heterocycles. The lowest BCUT2D eigenvalue weighted by Crippen LogP contribution is -2.41. The summed E-state index contributed by atoms with van der Waals surface area (Å²) in [5.74, 6) is -0.327. The summed E-state index contributed by atoms with van der Waals surface area (Å²) >= 11 is 0. The number of aromatic nitrogens is 2. The van der Waals surface area contributed by atoms with E-state index >= 15 is 0 Å². The van der Waals surface area contributed by atoms with E-state index in [4.69, 9.17) is 4.74 Å². The largest absolute Gasteiger partial charge is 0.391 e. The summed E-state index contributed by atoms with van der Waals surface area (Å²) in [7, 11) is -0.473. The van der Waals surface area contributed by atoms with Gasteiger partial charge in [-0.3, -0.25) is 9.78 Å². The number of hydrogen-bond acceptors (Lipinski definition) is 8. The summed E-state index contributed by atoms with van der Waals surface area (Å²) in [6.45, 7) is 2.60. The third kappa shape index (κ3) is 4.54. The van der Waals surface area contributed by atoms with Gasteiger partial charge in [0.05, 0.1) is 37.5 Å². The van der Waals surface area contributed by atoms with Crippen LogP contribution in [0.2, 0.25) is 0 Å². The Hall–Kier alpha value is -1.82. The fraction of sp³-hybridized carbons (Fsp3) is 0.688. The van der Waals surface area contributed by atoms with E-state index in [1.807, 2.05) is 0 Å². The molecule has 2 saturated heterocycles. The Morgan fingerprint density at radius 3 is 2.67 bits per heavy atom. The van der Waals surface area contributed by atoms with Gasteiger partial charge in [0, 0.05) is 46.2 Å². The van der Waals surface area contributed by atoms with Gasteiger partial charge in [0.2, 0.25) is 10.0 Å². The average Bonchev–Trinajstić information content (AvgIpc) is 3.02. The third-order valence-corrected chi connectivity index (χ3v) is 6.81. The first kappa shape index (κ1) is 19.9. The van der Waals surface area contributed by atoms with Crippen molar-refractivity contribution >= 4 is 21.7 Å². The zero-order valence-electron chi connectivity index (χ0n) is 15.5. The predicted molar refractivity (Wildman–Crippen MR) is 97.9 cm³/mol. The topological polar surface area (TPSA) is 116 Å². The number of nitrogens with zero attached hydrogens (tertiary/aromatic N) is 5. The van der Waals surface area contributed by atoms with E-state index in [2.05, 4.69) is 9.97 Å². The van der Waals surface area contributed by atoms with Crippen molar-refractivity contribution in [1.82, 2.24) is 19.2 Å². The molecule has 2 atom stereocenters. The number of sulfonamides is 1. The van der Waals surface area contributed by atoms with E-state index in [-0.39, 0.29) is 23.9 Å². The van der Waals surface area contributed by atoms with Gasteiger partial charge in [0.25, 0.3) is 5.91 Å². The minimum absolute atomic E-state index is 0.141. The van der Waals surface area contributed by atoms with Gasteiger partial charge in [0.15, 0.2) is 0 Å². The average molecular weight is 399 g/mol. The SMILES string of the molecule is CN(C)S(=O)(=O)C[C@@H]1CN(c2cncc(C(=O)N3CCOCC3)n2)C[C@H]1O. The molecule has 3 heterocycles. The van der Waals surface area contributed by atoms with Crippen LogP contribution in [0, 0.1) is 5.92 Å². The van der Waals surface area contributed by atoms with Crippen molar-refractivity contribution in [2.24, 2.45) is 5.92 Å². The number of morpholine rings is 1. The van der Waals surface area contributed by atoms with Crippen molar-refractivity contribution in [2.45, 2.75) is 6.10 Å². The summed E-state index contributed by atoms with van der Waals surface area (Å²) in [4.78, 5) is 24.5. The first-order chi connectivity index (χ1) is 12.8. The fourth-order valence-corrected chi connectivity index (χ4v) is 4.33. The van der Waals surface area contributed by atoms with Crippen LogP contribution < -0.4 is 4.90 Å². The molecule has 2 aliphatic rings. The molecule has 1 amide bonds. The molecule has 150 valence electrons. The fourth-order valence-electron chi connectivity index (χ4n) is 3.16. The smallest absolute Gasteiger partial charge is 0.274 e. The molecule has 0 bridgehead atoms. The standard InChI is InChI=1S/C16H25N5O5S/c1-19(2)27(24,25)11-12-9-21(10-14(12)22)15-8-17-7-13(18-15)16(23)20-3-5-26-6-4-20/h7-8,12,14,22H,3-6,9-11H2,1-2H3/t12-,14+/m0/s1. The molecule has 0 aliphatic carbocycles. The van der Waals surface area contributed by atoms with Crippen molar-refractivity contribution < 1.29 is 23.1 Å². The second-order valence-corrected chi connectivity index (χ2v) is 9.19. The zero-order valence-corrected chi connectivity index (χ0v) is 16.3. The van der Waals surface area contributed by atoms with E-state index in [0.29, 0.717) is 38.7 Å². The van der Waals surface area contributed by atoms with E-state index in [1.54, 1.807) is 9.80 Å². The van der Waals surface area contributed by atoms with Gasteiger partial charge in [-0.15, -0.1) is 0 Å². The molecule has 0 unspecified atom stereocenters. The van der Waals surface area contributed by atoms with Crippen LogP contribution in [0.15, 0.2) is 12.4 Å². The highest BCUT2D eigenvalue weighted by Crippen LogP contribution is 2.24. The second kappa shape index (κ2) is 8.05. The maximum absolute atomic E-state index is 12.6. The number of rotatable bonds is 5. The molecule has 0 aromatic carbocycles. The van der Waals surface area contributed by atoms with Crippen molar-refractivity contribution in [2.75, 3.05) is 64.1 Å². The molecule has 2 aliphatic heterocycles. The van der Waals surface area contributed by atoms with E-state index < -0.39 is 22.0 Å². The minimum atomic E-state index is -3.42. The quantitative estimate of drug-likeness (QED) is 0.645. The number of amides is 1. The number of aliphatic hydroxyl groups excluding tert-OH is 1. The summed E-state index contributed by atoms with van der Waals surface area (Å²) in [5, 5.41) is 10.3. The highest BCUT2D eigenvalue weighted by atomic mass is 32.2. The van der Waals surface area contributed by atoms with Gasteiger partial charge >= 0.3 is 0 Å². The zero-order chi connectivity index (χ0) is 19.6. The van der Waals surface area contributed by atoms with Crippen molar-refractivity contribution in [1.29, 1.82) is 0 Å². The van der Waals surface area contributed by atoms with E-state index in [0.717, 1.165) is 4.31 Å². The normalized spacial score (nSPS) is 23.9. The van der Waals surface area contributed by atoms with Crippen LogP contribution in [0.4, 0.5) is 5.82 Å². The van der Waals surface area contributed by atoms with E-state index in [1.165, 1.54) is 26.5 Å². The van der Waals surface area contributed by atoms with Crippen LogP contribution >= 0.6 is 0 Å². The highest BCUT2D eigenvalue weighted by molar-refractivity contribution is 7.89. The van der Waals surface area contributed by atoms with Crippen LogP contribution in [0.1, 0.15) is 10.5 Å². The van der Waals surface area contributed by atoms with Gasteiger partial charge in [-0.25, -0.2) is 17.7 Å². The highest BCUT2D eigenvalue weighted by Gasteiger charge is 2.36. The molecule has 1 aromatic rings. The number of hydrogen-bond donors (Lipinski definition) is 1. The first-order valence-electron chi connectivity index (χ1n) is 8.80. The molecular weight excluding hydrogens is 374 g/mol. The molecule has 3 rings (SSSR count). The van der Waals surface area contributed by atoms with Crippen LogP contribution in [0.3, 0.4) is 0 Å². The number of β-amino-alcohol motifs (C(OH)–C–C–N with tert-alkyl or cyclic N) is 1. The van der Waals surface area contributed by atoms with Gasteiger partial charge in [-0.1, -0.05) is 0 Å². The third-order valence-electron chi connectivity index (χ3n) is 4.85. The summed E-state index contributed by atoms with van der Waals surface area (Å²) in [5.41, 5.74) is 0.230. The Morgan fingerprint density at radius 2 is 2.00 bits per heavy atom. The Bertz CT molecular complexity index is 781. The number of aliphatic hydroxyl groups is 1. The number of anilines is 1. The number of carbonyl (C=O) groups is 1. The lowest BCUT2D eigenvalue weighted by molar-refractivity contribution is 0.0299. The van der Waals surface area contributed by atoms with Crippen LogP contribution in [-0.2, 0) is 14.8 Å². The lowest BCUT2D eigenvalue weighted by atomic mass is 10.1. The predicted octanol–water partition coefficient (Wildman–Crippen LogP) is -1.36. The maximum atomic E-state index is 12.6. The van der Waals surface area contributed by atoms with Gasteiger partial charge in [-0.05, 0) is 0 Å². The molecule has 10 nitrogen and oxygen atoms in total. The number of ether oxygens (including phenoxy) is 1. The molecule has 27 heavy (non-hydrogen) atoms. The van der Waals surface area contributed by atoms with Gasteiger partial charge < -0.3 is 19.6 Å². The van der Waals surface area contributed by atoms with Crippen molar-refractivity contribution in [3.63, 3.8) is 0 Å². The second-order valence-electron chi connectivity index (χ2n) is 6.96. The number of carbonyl (C=O) groups excluding carboxylic acids is 1. The van der Waals surface area contributed by atoms with Crippen molar-refractivity contribution in [3.8, 4) is 0 Å². The van der Waals surface area contributed by atoms with Gasteiger partial charge in [-0.2, -0.15) is 0 Å². The summed E-state index contributed by atoms with van der Waals surface area (Å²) in [6, 6.07) is 0. The molecule has 0 radical (unpaired) electrons. The molecule has 2 fully saturated rings. The van der Waals surface area contributed by atoms with Crippen LogP contribution in [-0.4, -0.2) is 104 Å². The minimum Gasteiger partial charge on any atom is -0.391 e. The molecule has 11 heteroatoms. The van der Waals surface area contributed by atoms with Crippen molar-refractivity contribution in [3.05, 3.63) is 18.1 Å². The Labute approximate surface area is 158 Å². The van der Waals surface area contributed by atoms with Gasteiger partial charge in [0.1, 0.15) is 11.5 Å². The lowest BCUT2D eigenvalue weighted by Gasteiger charge is -2.26. The summed E-state index contributed by atoms with van der Waals surface area (Å²) in [6.07, 6.45) is 2.15. The van der Waals surface area contributed by atoms with E-state index in [9.17, 15) is 18.3 Å². The Balaban J connectivity index is 1.71. The maximum Gasteiger partial charge on any atom is 0.274 e. The Morgan fingerprint density at radius 1 is 1.30 bits per heavy atom. The first-order valence-corrected chi connectivity index (χ1v) is 10.4. The molecule has 0 saturated carbocycles. The summed E-state index contributed by atoms with van der Waals surface area (Å²) < 4.78 is 30.6. The monoisotopic (exact) mass is 399 g/mol. The molecule has 1 N–H and O–H groups in total. The Kier molecular flexibility index (Phi) is 5.94. The molecular formula is C16H25N5O5S. The van der Waals surface area contributed by atoms with Crippen LogP contribution in [0.25, 0.3) is 0 Å². The molecule has 0 spiro atoms. The van der Waals surface area contributed by atoms with Crippen LogP contribution in [0.5, 0.6) is 0 Å².